The average molecular weight is 256 g/mol. The molecule has 0 radical (unpaired) electrons. The van der Waals surface area contributed by atoms with Gasteiger partial charge in [0.2, 0.25) is 0 Å². The van der Waals surface area contributed by atoms with Gasteiger partial charge in [-0.15, -0.1) is 0 Å². The first-order chi connectivity index (χ1) is 8.30. The van der Waals surface area contributed by atoms with Crippen molar-refractivity contribution in [2.75, 3.05) is 33.7 Å². The number of rotatable bonds is 6. The highest BCUT2D eigenvalue weighted by molar-refractivity contribution is 5.69. The van der Waals surface area contributed by atoms with Gasteiger partial charge in [-0.1, -0.05) is 20.3 Å². The Labute approximate surface area is 111 Å². The first-order valence-corrected chi connectivity index (χ1v) is 6.91. The molecule has 0 amide bonds. The first-order valence-electron chi connectivity index (χ1n) is 6.91. The van der Waals surface area contributed by atoms with E-state index in [4.69, 9.17) is 5.11 Å². The van der Waals surface area contributed by atoms with Crippen molar-refractivity contribution >= 4 is 5.97 Å². The highest BCUT2D eigenvalue weighted by Gasteiger charge is 2.31. The van der Waals surface area contributed by atoms with Gasteiger partial charge in [0, 0.05) is 19.1 Å². The quantitative estimate of drug-likeness (QED) is 0.788. The van der Waals surface area contributed by atoms with Crippen molar-refractivity contribution in [3.8, 4) is 0 Å². The Kier molecular flexibility index (Phi) is 5.60. The molecule has 106 valence electrons. The smallest absolute Gasteiger partial charge is 0.317 e. The minimum Gasteiger partial charge on any atom is -0.480 e. The van der Waals surface area contributed by atoms with Gasteiger partial charge in [-0.2, -0.15) is 0 Å². The Bertz CT molecular complexity index is 277. The molecule has 18 heavy (non-hydrogen) atoms. The molecule has 4 nitrogen and oxygen atoms in total. The Morgan fingerprint density at radius 2 is 2.00 bits per heavy atom. The molecular formula is C14H28N2O2. The summed E-state index contributed by atoms with van der Waals surface area (Å²) in [6.45, 7) is 6.53. The number of hydrogen-bond donors (Lipinski definition) is 1. The molecule has 1 N–H and O–H groups in total. The van der Waals surface area contributed by atoms with E-state index >= 15 is 0 Å². The normalized spacial score (nSPS) is 23.6. The standard InChI is InChI=1S/C14H28N2O2/c1-14(2)7-5-6-12(10-14)16(11-13(17)18)9-8-15(3)4/h12H,5-11H2,1-4H3,(H,17,18). The molecule has 0 aromatic carbocycles. The topological polar surface area (TPSA) is 43.8 Å². The highest BCUT2D eigenvalue weighted by atomic mass is 16.4. The molecule has 1 aliphatic carbocycles. The van der Waals surface area contributed by atoms with Crippen molar-refractivity contribution in [2.45, 2.75) is 45.6 Å². The second kappa shape index (κ2) is 6.53. The lowest BCUT2D eigenvalue weighted by Gasteiger charge is -2.41. The summed E-state index contributed by atoms with van der Waals surface area (Å²) in [7, 11) is 4.06. The van der Waals surface area contributed by atoms with Gasteiger partial charge in [0.05, 0.1) is 6.54 Å². The highest BCUT2D eigenvalue weighted by Crippen LogP contribution is 2.37. The second-order valence-electron chi connectivity index (χ2n) is 6.58. The molecule has 1 saturated carbocycles. The first kappa shape index (κ1) is 15.4. The van der Waals surface area contributed by atoms with Gasteiger partial charge < -0.3 is 10.0 Å². The number of carboxylic acid groups (broad SMARTS) is 1. The van der Waals surface area contributed by atoms with Gasteiger partial charge >= 0.3 is 5.97 Å². The Morgan fingerprint density at radius 1 is 1.33 bits per heavy atom. The van der Waals surface area contributed by atoms with Crippen LogP contribution in [0.3, 0.4) is 0 Å². The largest absolute Gasteiger partial charge is 0.480 e. The monoisotopic (exact) mass is 256 g/mol. The SMILES string of the molecule is CN(C)CCN(CC(=O)O)C1CCCC(C)(C)C1. The van der Waals surface area contributed by atoms with Crippen LogP contribution in [0.4, 0.5) is 0 Å². The van der Waals surface area contributed by atoms with Gasteiger partial charge in [-0.3, -0.25) is 9.69 Å². The molecular weight excluding hydrogens is 228 g/mol. The third kappa shape index (κ3) is 5.36. The lowest BCUT2D eigenvalue weighted by atomic mass is 9.74. The van der Waals surface area contributed by atoms with Crippen molar-refractivity contribution < 1.29 is 9.90 Å². The minimum atomic E-state index is -0.711. The fourth-order valence-electron chi connectivity index (χ4n) is 2.86. The molecule has 0 aromatic rings. The molecule has 1 fully saturated rings. The number of carbonyl (C=O) groups is 1. The zero-order valence-corrected chi connectivity index (χ0v) is 12.3. The van der Waals surface area contributed by atoms with Gasteiger partial charge in [-0.05, 0) is 38.8 Å². The molecule has 0 aromatic heterocycles. The van der Waals surface area contributed by atoms with Crippen molar-refractivity contribution in [3.63, 3.8) is 0 Å². The van der Waals surface area contributed by atoms with E-state index in [9.17, 15) is 4.79 Å². The van der Waals surface area contributed by atoms with Crippen LogP contribution in [-0.2, 0) is 4.79 Å². The zero-order valence-electron chi connectivity index (χ0n) is 12.3. The van der Waals surface area contributed by atoms with Crippen LogP contribution >= 0.6 is 0 Å². The van der Waals surface area contributed by atoms with Gasteiger partial charge in [0.15, 0.2) is 0 Å². The molecule has 0 saturated heterocycles. The van der Waals surface area contributed by atoms with E-state index in [1.807, 2.05) is 14.1 Å². The van der Waals surface area contributed by atoms with Crippen LogP contribution < -0.4 is 0 Å². The van der Waals surface area contributed by atoms with Crippen LogP contribution in [0.25, 0.3) is 0 Å². The third-order valence-corrected chi connectivity index (χ3v) is 3.87. The summed E-state index contributed by atoms with van der Waals surface area (Å²) in [4.78, 5) is 15.3. The molecule has 0 heterocycles. The molecule has 4 heteroatoms. The van der Waals surface area contributed by atoms with Crippen LogP contribution in [0.15, 0.2) is 0 Å². The maximum Gasteiger partial charge on any atom is 0.317 e. The molecule has 1 atom stereocenters. The number of carboxylic acids is 1. The van der Waals surface area contributed by atoms with Crippen LogP contribution in [0, 0.1) is 5.41 Å². The van der Waals surface area contributed by atoms with Crippen molar-refractivity contribution in [2.24, 2.45) is 5.41 Å². The van der Waals surface area contributed by atoms with Crippen LogP contribution in [0.1, 0.15) is 39.5 Å². The average Bonchev–Trinajstić information content (AvgIpc) is 2.22. The summed E-state index contributed by atoms with van der Waals surface area (Å²) in [6, 6.07) is 0.435. The fourth-order valence-corrected chi connectivity index (χ4v) is 2.86. The van der Waals surface area contributed by atoms with Crippen LogP contribution in [0.2, 0.25) is 0 Å². The molecule has 1 unspecified atom stereocenters. The van der Waals surface area contributed by atoms with Crippen LogP contribution in [-0.4, -0.2) is 60.6 Å². The van der Waals surface area contributed by atoms with Gasteiger partial charge in [0.1, 0.15) is 0 Å². The molecule has 0 spiro atoms. The predicted molar refractivity (Wildman–Crippen MR) is 73.8 cm³/mol. The van der Waals surface area contributed by atoms with Crippen molar-refractivity contribution in [1.29, 1.82) is 0 Å². The van der Waals surface area contributed by atoms with Gasteiger partial charge in [-0.25, -0.2) is 0 Å². The number of likely N-dealkylation sites (N-methyl/N-ethyl adjacent to an activating group) is 1. The Morgan fingerprint density at radius 3 is 2.50 bits per heavy atom. The van der Waals surface area contributed by atoms with Crippen molar-refractivity contribution in [3.05, 3.63) is 0 Å². The molecule has 0 bridgehead atoms. The second-order valence-corrected chi connectivity index (χ2v) is 6.58. The maximum atomic E-state index is 11.0. The summed E-state index contributed by atoms with van der Waals surface area (Å²) in [5.74, 6) is -0.711. The minimum absolute atomic E-state index is 0.175. The van der Waals surface area contributed by atoms with Crippen LogP contribution in [0.5, 0.6) is 0 Å². The summed E-state index contributed by atoms with van der Waals surface area (Å²) < 4.78 is 0. The molecule has 0 aliphatic heterocycles. The van der Waals surface area contributed by atoms with E-state index in [0.29, 0.717) is 11.5 Å². The van der Waals surface area contributed by atoms with Gasteiger partial charge in [0.25, 0.3) is 0 Å². The Hall–Kier alpha value is -0.610. The summed E-state index contributed by atoms with van der Waals surface area (Å²) >= 11 is 0. The zero-order chi connectivity index (χ0) is 13.8. The molecule has 1 rings (SSSR count). The van der Waals surface area contributed by atoms with E-state index in [0.717, 1.165) is 25.9 Å². The van der Waals surface area contributed by atoms with E-state index in [-0.39, 0.29) is 6.54 Å². The lowest BCUT2D eigenvalue weighted by Crippen LogP contribution is -2.46. The molecule has 1 aliphatic rings. The van der Waals surface area contributed by atoms with E-state index in [1.54, 1.807) is 0 Å². The fraction of sp³-hybridized carbons (Fsp3) is 0.929. The number of nitrogens with zero attached hydrogens (tertiary/aromatic N) is 2. The summed E-state index contributed by atoms with van der Waals surface area (Å²) in [5, 5.41) is 9.05. The van der Waals surface area contributed by atoms with E-state index in [2.05, 4.69) is 23.6 Å². The third-order valence-electron chi connectivity index (χ3n) is 3.87. The predicted octanol–water partition coefficient (Wildman–Crippen LogP) is 1.90. The number of hydrogen-bond acceptors (Lipinski definition) is 3. The summed E-state index contributed by atoms with van der Waals surface area (Å²) in [6.07, 6.45) is 4.74. The van der Waals surface area contributed by atoms with E-state index < -0.39 is 5.97 Å². The lowest BCUT2D eigenvalue weighted by molar-refractivity contribution is -0.139. The maximum absolute atomic E-state index is 11.0. The summed E-state index contributed by atoms with van der Waals surface area (Å²) in [5.41, 5.74) is 0.359. The van der Waals surface area contributed by atoms with Crippen molar-refractivity contribution in [1.82, 2.24) is 9.80 Å². The Balaban J connectivity index is 2.60. The number of aliphatic carboxylic acids is 1. The van der Waals surface area contributed by atoms with E-state index in [1.165, 1.54) is 12.8 Å².